The highest BCUT2D eigenvalue weighted by molar-refractivity contribution is 7.91. The quantitative estimate of drug-likeness (QED) is 0.710. The van der Waals surface area contributed by atoms with Crippen LogP contribution in [0, 0.1) is 5.92 Å². The fraction of sp³-hybridized carbons (Fsp3) is 1.00. The van der Waals surface area contributed by atoms with Crippen molar-refractivity contribution in [2.75, 3.05) is 43.4 Å². The number of hydrogen-bond donors (Lipinski definition) is 1. The van der Waals surface area contributed by atoms with Crippen LogP contribution >= 0.6 is 0 Å². The third kappa shape index (κ3) is 3.66. The minimum Gasteiger partial charge on any atom is -0.314 e. The lowest BCUT2D eigenvalue weighted by atomic mass is 10.0. The maximum absolute atomic E-state index is 12.0. The number of nitrogens with one attached hydrogen (secondary N) is 1. The third-order valence-corrected chi connectivity index (χ3v) is 7.16. The van der Waals surface area contributed by atoms with E-state index in [1.54, 1.807) is 0 Å². The molecule has 0 spiro atoms. The van der Waals surface area contributed by atoms with Crippen LogP contribution in [0.2, 0.25) is 0 Å². The van der Waals surface area contributed by atoms with E-state index in [9.17, 15) is 16.8 Å². The van der Waals surface area contributed by atoms with E-state index in [0.717, 1.165) is 0 Å². The standard InChI is InChI=1S/C10H20N2O4S2/c13-17(14)6-1-10(2-7-17)9-12-5-3-11-4-8-18(12,15)16/h10-11H,1-9H2. The molecule has 2 rings (SSSR count). The van der Waals surface area contributed by atoms with Crippen molar-refractivity contribution in [1.82, 2.24) is 9.62 Å². The molecule has 0 unspecified atom stereocenters. The van der Waals surface area contributed by atoms with Gasteiger partial charge in [0.1, 0.15) is 9.84 Å². The number of rotatable bonds is 2. The van der Waals surface area contributed by atoms with E-state index in [2.05, 4.69) is 5.32 Å². The molecule has 106 valence electrons. The Balaban J connectivity index is 1.96. The lowest BCUT2D eigenvalue weighted by molar-refractivity contribution is 0.329. The van der Waals surface area contributed by atoms with Crippen LogP contribution in [0.5, 0.6) is 0 Å². The first-order valence-electron chi connectivity index (χ1n) is 6.28. The minimum absolute atomic E-state index is 0.137. The molecule has 0 bridgehead atoms. The van der Waals surface area contributed by atoms with Crippen LogP contribution in [0.3, 0.4) is 0 Å². The first kappa shape index (κ1) is 14.2. The van der Waals surface area contributed by atoms with Gasteiger partial charge in [-0.1, -0.05) is 0 Å². The van der Waals surface area contributed by atoms with Gasteiger partial charge in [0.25, 0.3) is 0 Å². The second kappa shape index (κ2) is 5.44. The Bertz CT molecular complexity index is 472. The Labute approximate surface area is 109 Å². The van der Waals surface area contributed by atoms with Crippen molar-refractivity contribution in [3.8, 4) is 0 Å². The van der Waals surface area contributed by atoms with E-state index in [1.165, 1.54) is 4.31 Å². The van der Waals surface area contributed by atoms with Gasteiger partial charge in [-0.25, -0.2) is 21.1 Å². The highest BCUT2D eigenvalue weighted by Crippen LogP contribution is 2.21. The van der Waals surface area contributed by atoms with Gasteiger partial charge in [0.05, 0.1) is 17.3 Å². The largest absolute Gasteiger partial charge is 0.314 e. The van der Waals surface area contributed by atoms with Crippen LogP contribution in [0.25, 0.3) is 0 Å². The summed E-state index contributed by atoms with van der Waals surface area (Å²) in [6.45, 7) is 2.13. The van der Waals surface area contributed by atoms with Crippen molar-refractivity contribution < 1.29 is 16.8 Å². The average Bonchev–Trinajstić information content (AvgIpc) is 2.44. The predicted octanol–water partition coefficient (Wildman–Crippen LogP) is -0.954. The topological polar surface area (TPSA) is 83.6 Å². The van der Waals surface area contributed by atoms with E-state index >= 15 is 0 Å². The summed E-state index contributed by atoms with van der Waals surface area (Å²) in [4.78, 5) is 0. The Kier molecular flexibility index (Phi) is 4.30. The Morgan fingerprint density at radius 1 is 1.00 bits per heavy atom. The van der Waals surface area contributed by atoms with Crippen LogP contribution < -0.4 is 5.32 Å². The molecule has 1 N–H and O–H groups in total. The molecule has 0 radical (unpaired) electrons. The van der Waals surface area contributed by atoms with Crippen LogP contribution in [-0.4, -0.2) is 64.6 Å². The molecular formula is C10H20N2O4S2. The second-order valence-electron chi connectivity index (χ2n) is 5.02. The molecule has 0 atom stereocenters. The summed E-state index contributed by atoms with van der Waals surface area (Å²) < 4.78 is 48.1. The summed E-state index contributed by atoms with van der Waals surface area (Å²) in [5, 5.41) is 3.07. The van der Waals surface area contributed by atoms with Gasteiger partial charge in [0, 0.05) is 26.2 Å². The molecule has 0 amide bonds. The molecule has 0 aromatic carbocycles. The zero-order valence-electron chi connectivity index (χ0n) is 10.3. The molecule has 18 heavy (non-hydrogen) atoms. The Morgan fingerprint density at radius 3 is 2.33 bits per heavy atom. The highest BCUT2D eigenvalue weighted by atomic mass is 32.2. The van der Waals surface area contributed by atoms with Gasteiger partial charge in [-0.3, -0.25) is 0 Å². The molecule has 0 saturated carbocycles. The molecule has 0 aliphatic carbocycles. The second-order valence-corrected chi connectivity index (χ2v) is 9.41. The van der Waals surface area contributed by atoms with E-state index in [1.807, 2.05) is 0 Å². The fourth-order valence-corrected chi connectivity index (χ4v) is 5.47. The first-order chi connectivity index (χ1) is 8.39. The van der Waals surface area contributed by atoms with Crippen molar-refractivity contribution in [2.24, 2.45) is 5.92 Å². The molecule has 2 aliphatic heterocycles. The van der Waals surface area contributed by atoms with Crippen molar-refractivity contribution in [3.05, 3.63) is 0 Å². The minimum atomic E-state index is -3.17. The molecule has 2 fully saturated rings. The zero-order valence-corrected chi connectivity index (χ0v) is 12.0. The van der Waals surface area contributed by atoms with Crippen molar-refractivity contribution in [1.29, 1.82) is 0 Å². The zero-order chi connectivity index (χ0) is 13.2. The van der Waals surface area contributed by atoms with Gasteiger partial charge in [-0.05, 0) is 18.8 Å². The molecule has 0 aromatic rings. The number of nitrogens with zero attached hydrogens (tertiary/aromatic N) is 1. The summed E-state index contributed by atoms with van der Waals surface area (Å²) in [5.41, 5.74) is 0. The van der Waals surface area contributed by atoms with E-state index in [0.29, 0.717) is 39.0 Å². The molecular weight excluding hydrogens is 276 g/mol. The highest BCUT2D eigenvalue weighted by Gasteiger charge is 2.30. The van der Waals surface area contributed by atoms with Gasteiger partial charge >= 0.3 is 0 Å². The van der Waals surface area contributed by atoms with Gasteiger partial charge in [-0.15, -0.1) is 0 Å². The Morgan fingerprint density at radius 2 is 1.67 bits per heavy atom. The molecule has 8 heteroatoms. The maximum atomic E-state index is 12.0. The van der Waals surface area contributed by atoms with Crippen LogP contribution in [0.15, 0.2) is 0 Å². The normalized spacial score (nSPS) is 29.8. The SMILES string of the molecule is O=S1(=O)CCC(CN2CCNCCS2(=O)=O)CC1. The van der Waals surface area contributed by atoms with Crippen LogP contribution in [0.1, 0.15) is 12.8 Å². The van der Waals surface area contributed by atoms with E-state index in [4.69, 9.17) is 0 Å². The third-order valence-electron chi connectivity index (χ3n) is 3.60. The Hall–Kier alpha value is -0.180. The predicted molar refractivity (Wildman–Crippen MR) is 69.6 cm³/mol. The number of sulfonamides is 1. The summed E-state index contributed by atoms with van der Waals surface area (Å²) in [5.74, 6) is 0.715. The smallest absolute Gasteiger partial charge is 0.215 e. The van der Waals surface area contributed by atoms with Crippen molar-refractivity contribution >= 4 is 19.9 Å². The lowest BCUT2D eigenvalue weighted by Crippen LogP contribution is -2.39. The summed E-state index contributed by atoms with van der Waals surface area (Å²) in [6.07, 6.45) is 1.17. The monoisotopic (exact) mass is 296 g/mol. The molecule has 2 aliphatic rings. The van der Waals surface area contributed by atoms with Gasteiger partial charge in [0.15, 0.2) is 0 Å². The molecule has 0 aromatic heterocycles. The van der Waals surface area contributed by atoms with Gasteiger partial charge in [-0.2, -0.15) is 0 Å². The number of hydrogen-bond acceptors (Lipinski definition) is 5. The number of sulfone groups is 1. The fourth-order valence-electron chi connectivity index (χ4n) is 2.41. The van der Waals surface area contributed by atoms with Crippen molar-refractivity contribution in [3.63, 3.8) is 0 Å². The molecule has 2 saturated heterocycles. The summed E-state index contributed by atoms with van der Waals surface area (Å²) in [7, 11) is -6.04. The maximum Gasteiger partial charge on any atom is 0.215 e. The molecule has 2 heterocycles. The summed E-state index contributed by atoms with van der Waals surface area (Å²) in [6, 6.07) is 0. The molecule has 6 nitrogen and oxygen atoms in total. The van der Waals surface area contributed by atoms with E-state index < -0.39 is 19.9 Å². The first-order valence-corrected chi connectivity index (χ1v) is 9.71. The van der Waals surface area contributed by atoms with Gasteiger partial charge < -0.3 is 5.32 Å². The van der Waals surface area contributed by atoms with E-state index in [-0.39, 0.29) is 23.2 Å². The lowest BCUT2D eigenvalue weighted by Gasteiger charge is -2.27. The van der Waals surface area contributed by atoms with Gasteiger partial charge in [0.2, 0.25) is 10.0 Å². The van der Waals surface area contributed by atoms with Crippen molar-refractivity contribution in [2.45, 2.75) is 12.8 Å². The summed E-state index contributed by atoms with van der Waals surface area (Å²) >= 11 is 0. The average molecular weight is 296 g/mol. The van der Waals surface area contributed by atoms with Crippen LogP contribution in [-0.2, 0) is 19.9 Å². The van der Waals surface area contributed by atoms with Crippen LogP contribution in [0.4, 0.5) is 0 Å².